The van der Waals surface area contributed by atoms with E-state index in [1.54, 1.807) is 0 Å². The maximum atomic E-state index is 12.1. The van der Waals surface area contributed by atoms with E-state index in [0.717, 1.165) is 31.7 Å². The van der Waals surface area contributed by atoms with Crippen LogP contribution < -0.4 is 0 Å². The molecule has 0 N–H and O–H groups in total. The molecule has 1 aromatic carbocycles. The van der Waals surface area contributed by atoms with Gasteiger partial charge in [-0.1, -0.05) is 25.1 Å². The highest BCUT2D eigenvalue weighted by molar-refractivity contribution is 5.99. The van der Waals surface area contributed by atoms with Gasteiger partial charge in [-0.25, -0.2) is 0 Å². The predicted molar refractivity (Wildman–Crippen MR) is 62.3 cm³/mol. The van der Waals surface area contributed by atoms with Crippen LogP contribution in [0.5, 0.6) is 0 Å². The Morgan fingerprint density at radius 2 is 2.12 bits per heavy atom. The van der Waals surface area contributed by atoms with Crippen molar-refractivity contribution < 1.29 is 4.79 Å². The molecule has 2 aliphatic heterocycles. The molecule has 0 bridgehead atoms. The number of piperazine rings is 1. The fourth-order valence-electron chi connectivity index (χ4n) is 2.77. The van der Waals surface area contributed by atoms with Crippen LogP contribution in [0.25, 0.3) is 0 Å². The molecule has 84 valence electrons. The number of carbonyl (C=O) groups is 1. The van der Waals surface area contributed by atoms with Crippen molar-refractivity contribution in [1.29, 1.82) is 0 Å². The van der Waals surface area contributed by atoms with Crippen LogP contribution >= 0.6 is 0 Å². The normalized spacial score (nSPS) is 24.4. The first-order valence-corrected chi connectivity index (χ1v) is 5.93. The van der Waals surface area contributed by atoms with Gasteiger partial charge in [-0.05, 0) is 18.2 Å². The molecule has 0 spiro atoms. The van der Waals surface area contributed by atoms with Crippen LogP contribution in [0.4, 0.5) is 0 Å². The van der Waals surface area contributed by atoms with Crippen molar-refractivity contribution in [2.75, 3.05) is 26.2 Å². The molecule has 0 aromatic heterocycles. The van der Waals surface area contributed by atoms with Crippen LogP contribution in [0.3, 0.4) is 0 Å². The minimum atomic E-state index is 0.219. The lowest BCUT2D eigenvalue weighted by Crippen LogP contribution is -2.47. The number of hydrogen-bond acceptors (Lipinski definition) is 2. The van der Waals surface area contributed by atoms with Crippen LogP contribution in [0.15, 0.2) is 24.3 Å². The van der Waals surface area contributed by atoms with Crippen LogP contribution in [-0.2, 0) is 0 Å². The summed E-state index contributed by atoms with van der Waals surface area (Å²) in [5.74, 6) is 0.219. The van der Waals surface area contributed by atoms with Gasteiger partial charge < -0.3 is 4.90 Å². The van der Waals surface area contributed by atoms with E-state index in [0.29, 0.717) is 0 Å². The summed E-state index contributed by atoms with van der Waals surface area (Å²) in [7, 11) is 0. The van der Waals surface area contributed by atoms with E-state index in [1.165, 1.54) is 5.56 Å². The fourth-order valence-corrected chi connectivity index (χ4v) is 2.77. The molecule has 1 saturated heterocycles. The molecule has 0 radical (unpaired) electrons. The van der Waals surface area contributed by atoms with Crippen molar-refractivity contribution in [3.63, 3.8) is 0 Å². The molecule has 16 heavy (non-hydrogen) atoms. The van der Waals surface area contributed by atoms with Crippen molar-refractivity contribution >= 4 is 5.91 Å². The van der Waals surface area contributed by atoms with E-state index < -0.39 is 0 Å². The van der Waals surface area contributed by atoms with E-state index in [1.807, 2.05) is 23.1 Å². The summed E-state index contributed by atoms with van der Waals surface area (Å²) in [4.78, 5) is 16.6. The summed E-state index contributed by atoms with van der Waals surface area (Å²) in [6, 6.07) is 8.31. The standard InChI is InChI=1S/C13H16N2O/c1-2-14-7-8-15-12(9-14)10-5-3-4-6-11(10)13(15)16/h3-6,12H,2,7-9H2,1H3. The average molecular weight is 216 g/mol. The lowest BCUT2D eigenvalue weighted by atomic mass is 10.0. The van der Waals surface area contributed by atoms with Gasteiger partial charge in [0.15, 0.2) is 0 Å². The van der Waals surface area contributed by atoms with Gasteiger partial charge in [0.2, 0.25) is 0 Å². The number of carbonyl (C=O) groups excluding carboxylic acids is 1. The first-order chi connectivity index (χ1) is 7.81. The van der Waals surface area contributed by atoms with E-state index in [4.69, 9.17) is 0 Å². The molecular formula is C13H16N2O. The first-order valence-electron chi connectivity index (χ1n) is 5.93. The third-order valence-electron chi connectivity index (χ3n) is 3.72. The molecule has 0 saturated carbocycles. The SMILES string of the molecule is CCN1CCN2C(=O)c3ccccc3C2C1. The number of rotatable bonds is 1. The first kappa shape index (κ1) is 9.85. The Hall–Kier alpha value is -1.35. The summed E-state index contributed by atoms with van der Waals surface area (Å²) in [6.45, 7) is 6.11. The number of nitrogens with zero attached hydrogens (tertiary/aromatic N) is 2. The topological polar surface area (TPSA) is 23.6 Å². The maximum absolute atomic E-state index is 12.1. The molecular weight excluding hydrogens is 200 g/mol. The van der Waals surface area contributed by atoms with Gasteiger partial charge in [0.25, 0.3) is 5.91 Å². The molecule has 1 unspecified atom stereocenters. The van der Waals surface area contributed by atoms with E-state index >= 15 is 0 Å². The zero-order chi connectivity index (χ0) is 11.1. The van der Waals surface area contributed by atoms with E-state index in [9.17, 15) is 4.79 Å². The Bertz CT molecular complexity index is 430. The quantitative estimate of drug-likeness (QED) is 0.710. The Labute approximate surface area is 95.7 Å². The van der Waals surface area contributed by atoms with Crippen molar-refractivity contribution in [2.45, 2.75) is 13.0 Å². The van der Waals surface area contributed by atoms with Gasteiger partial charge in [0.05, 0.1) is 6.04 Å². The third kappa shape index (κ3) is 1.28. The van der Waals surface area contributed by atoms with Crippen molar-refractivity contribution in [2.24, 2.45) is 0 Å². The molecule has 1 atom stereocenters. The molecule has 3 nitrogen and oxygen atoms in total. The zero-order valence-electron chi connectivity index (χ0n) is 9.52. The van der Waals surface area contributed by atoms with E-state index in [2.05, 4.69) is 17.9 Å². The second-order valence-electron chi connectivity index (χ2n) is 4.49. The Balaban J connectivity index is 1.98. The van der Waals surface area contributed by atoms with Gasteiger partial charge in [0, 0.05) is 25.2 Å². The second-order valence-corrected chi connectivity index (χ2v) is 4.49. The molecule has 1 fully saturated rings. The highest BCUT2D eigenvalue weighted by Crippen LogP contribution is 2.35. The number of hydrogen-bond donors (Lipinski definition) is 0. The minimum Gasteiger partial charge on any atom is -0.329 e. The van der Waals surface area contributed by atoms with Gasteiger partial charge in [-0.15, -0.1) is 0 Å². The van der Waals surface area contributed by atoms with Gasteiger partial charge in [-0.3, -0.25) is 9.69 Å². The summed E-state index contributed by atoms with van der Waals surface area (Å²) >= 11 is 0. The molecule has 0 aliphatic carbocycles. The molecule has 3 rings (SSSR count). The van der Waals surface area contributed by atoms with Gasteiger partial charge in [0.1, 0.15) is 0 Å². The monoisotopic (exact) mass is 216 g/mol. The molecule has 2 heterocycles. The average Bonchev–Trinajstić information content (AvgIpc) is 2.64. The highest BCUT2D eigenvalue weighted by Gasteiger charge is 2.39. The van der Waals surface area contributed by atoms with Crippen molar-refractivity contribution in [3.05, 3.63) is 35.4 Å². The zero-order valence-corrected chi connectivity index (χ0v) is 9.52. The van der Waals surface area contributed by atoms with Crippen molar-refractivity contribution in [3.8, 4) is 0 Å². The molecule has 1 aromatic rings. The summed E-state index contributed by atoms with van der Waals surface area (Å²) in [5, 5.41) is 0. The van der Waals surface area contributed by atoms with Crippen LogP contribution in [0.1, 0.15) is 28.9 Å². The second kappa shape index (κ2) is 3.59. The van der Waals surface area contributed by atoms with Crippen LogP contribution in [0.2, 0.25) is 0 Å². The maximum Gasteiger partial charge on any atom is 0.254 e. The molecule has 3 heteroatoms. The number of benzene rings is 1. The third-order valence-corrected chi connectivity index (χ3v) is 3.72. The largest absolute Gasteiger partial charge is 0.329 e. The Morgan fingerprint density at radius 1 is 1.31 bits per heavy atom. The molecule has 1 amide bonds. The van der Waals surface area contributed by atoms with Crippen molar-refractivity contribution in [1.82, 2.24) is 9.80 Å². The predicted octanol–water partition coefficient (Wildman–Crippen LogP) is 1.52. The van der Waals surface area contributed by atoms with Crippen LogP contribution in [-0.4, -0.2) is 41.9 Å². The van der Waals surface area contributed by atoms with Gasteiger partial charge >= 0.3 is 0 Å². The Morgan fingerprint density at radius 3 is 2.94 bits per heavy atom. The lowest BCUT2D eigenvalue weighted by Gasteiger charge is -2.37. The highest BCUT2D eigenvalue weighted by atomic mass is 16.2. The number of fused-ring (bicyclic) bond motifs is 3. The fraction of sp³-hybridized carbons (Fsp3) is 0.462. The smallest absolute Gasteiger partial charge is 0.254 e. The lowest BCUT2D eigenvalue weighted by molar-refractivity contribution is 0.0535. The summed E-state index contributed by atoms with van der Waals surface area (Å²) < 4.78 is 0. The Kier molecular flexibility index (Phi) is 2.21. The van der Waals surface area contributed by atoms with Gasteiger partial charge in [-0.2, -0.15) is 0 Å². The van der Waals surface area contributed by atoms with E-state index in [-0.39, 0.29) is 11.9 Å². The summed E-state index contributed by atoms with van der Waals surface area (Å²) in [5.41, 5.74) is 2.12. The van der Waals surface area contributed by atoms with Crippen LogP contribution in [0, 0.1) is 0 Å². The number of likely N-dealkylation sites (N-methyl/N-ethyl adjacent to an activating group) is 1. The molecule has 2 aliphatic rings. The summed E-state index contributed by atoms with van der Waals surface area (Å²) in [6.07, 6.45) is 0. The number of amides is 1. The minimum absolute atomic E-state index is 0.219.